The normalized spacial score (nSPS) is 15.8. The molecule has 0 aromatic heterocycles. The van der Waals surface area contributed by atoms with Crippen molar-refractivity contribution < 1.29 is 0 Å². The Hall–Kier alpha value is -0.820. The Morgan fingerprint density at radius 1 is 1.15 bits per heavy atom. The smallest absolute Gasteiger partial charge is 0.0426 e. The molecule has 0 spiro atoms. The van der Waals surface area contributed by atoms with Crippen LogP contribution in [-0.2, 0) is 5.54 Å². The molecule has 0 amide bonds. The van der Waals surface area contributed by atoms with Gasteiger partial charge in [-0.25, -0.2) is 0 Å². The average molecular weight is 177 g/mol. The molecule has 1 nitrogen and oxygen atoms in total. The molecule has 0 radical (unpaired) electrons. The summed E-state index contributed by atoms with van der Waals surface area (Å²) in [6, 6.07) is 10.6. The van der Waals surface area contributed by atoms with Crippen molar-refractivity contribution in [2.24, 2.45) is 5.92 Å². The zero-order valence-corrected chi connectivity index (χ0v) is 8.96. The van der Waals surface area contributed by atoms with E-state index in [1.54, 1.807) is 0 Å². The van der Waals surface area contributed by atoms with Gasteiger partial charge in [0, 0.05) is 5.54 Å². The fourth-order valence-corrected chi connectivity index (χ4v) is 1.55. The highest BCUT2D eigenvalue weighted by atomic mass is 14.9. The summed E-state index contributed by atoms with van der Waals surface area (Å²) in [5.41, 5.74) is 1.44. The average Bonchev–Trinajstić information content (AvgIpc) is 2.17. The Labute approximate surface area is 81.2 Å². The first-order valence-electron chi connectivity index (χ1n) is 4.85. The first kappa shape index (κ1) is 10.3. The van der Waals surface area contributed by atoms with E-state index in [2.05, 4.69) is 56.4 Å². The second-order valence-electron chi connectivity index (χ2n) is 3.97. The van der Waals surface area contributed by atoms with E-state index in [0.29, 0.717) is 5.92 Å². The minimum absolute atomic E-state index is 0.0846. The summed E-state index contributed by atoms with van der Waals surface area (Å²) in [6.45, 7) is 6.72. The van der Waals surface area contributed by atoms with E-state index in [9.17, 15) is 0 Å². The van der Waals surface area contributed by atoms with Gasteiger partial charge >= 0.3 is 0 Å². The molecule has 13 heavy (non-hydrogen) atoms. The van der Waals surface area contributed by atoms with E-state index in [1.807, 2.05) is 7.05 Å². The highest BCUT2D eigenvalue weighted by molar-refractivity contribution is 5.24. The van der Waals surface area contributed by atoms with E-state index >= 15 is 0 Å². The van der Waals surface area contributed by atoms with Gasteiger partial charge in [-0.15, -0.1) is 0 Å². The molecule has 0 aliphatic rings. The fraction of sp³-hybridized carbons (Fsp3) is 0.500. The lowest BCUT2D eigenvalue weighted by atomic mass is 9.82. The van der Waals surface area contributed by atoms with Crippen LogP contribution in [0.1, 0.15) is 26.3 Å². The van der Waals surface area contributed by atoms with Gasteiger partial charge in [-0.05, 0) is 25.5 Å². The van der Waals surface area contributed by atoms with E-state index in [1.165, 1.54) is 5.56 Å². The van der Waals surface area contributed by atoms with Gasteiger partial charge in [0.05, 0.1) is 0 Å². The van der Waals surface area contributed by atoms with Crippen molar-refractivity contribution in [1.29, 1.82) is 0 Å². The van der Waals surface area contributed by atoms with Gasteiger partial charge in [0.15, 0.2) is 0 Å². The molecule has 0 saturated heterocycles. The van der Waals surface area contributed by atoms with Gasteiger partial charge in [0.1, 0.15) is 0 Å². The Kier molecular flexibility index (Phi) is 3.10. The van der Waals surface area contributed by atoms with Crippen LogP contribution in [0.25, 0.3) is 0 Å². The first-order valence-corrected chi connectivity index (χ1v) is 4.85. The summed E-state index contributed by atoms with van der Waals surface area (Å²) in [4.78, 5) is 0. The second kappa shape index (κ2) is 3.93. The van der Waals surface area contributed by atoms with Crippen molar-refractivity contribution in [3.8, 4) is 0 Å². The SMILES string of the molecule is CNC(C)(c1ccccc1)C(C)C. The standard InChI is InChI=1S/C12H19N/c1-10(2)12(3,13-4)11-8-6-5-7-9-11/h5-10,13H,1-4H3. The number of hydrogen-bond acceptors (Lipinski definition) is 1. The van der Waals surface area contributed by atoms with Crippen molar-refractivity contribution >= 4 is 0 Å². The Bertz CT molecular complexity index is 253. The molecule has 1 rings (SSSR count). The first-order chi connectivity index (χ1) is 6.11. The van der Waals surface area contributed by atoms with Crippen LogP contribution >= 0.6 is 0 Å². The van der Waals surface area contributed by atoms with Crippen molar-refractivity contribution in [1.82, 2.24) is 5.32 Å². The van der Waals surface area contributed by atoms with Gasteiger partial charge in [0.25, 0.3) is 0 Å². The number of rotatable bonds is 3. The molecule has 0 heterocycles. The molecular weight excluding hydrogens is 158 g/mol. The predicted octanol–water partition coefficient (Wildman–Crippen LogP) is 2.78. The molecule has 1 aromatic rings. The third-order valence-corrected chi connectivity index (χ3v) is 3.05. The molecule has 0 fully saturated rings. The van der Waals surface area contributed by atoms with Gasteiger partial charge in [-0.1, -0.05) is 44.2 Å². The maximum atomic E-state index is 3.39. The molecule has 1 atom stereocenters. The Balaban J connectivity index is 3.03. The Morgan fingerprint density at radius 3 is 2.08 bits per heavy atom. The summed E-state index contributed by atoms with van der Waals surface area (Å²) in [7, 11) is 2.02. The van der Waals surface area contributed by atoms with Crippen LogP contribution in [0.15, 0.2) is 30.3 Å². The minimum Gasteiger partial charge on any atom is -0.310 e. The predicted molar refractivity (Wildman–Crippen MR) is 57.7 cm³/mol. The molecule has 1 unspecified atom stereocenters. The molecular formula is C12H19N. The van der Waals surface area contributed by atoms with Gasteiger partial charge in [0.2, 0.25) is 0 Å². The minimum atomic E-state index is 0.0846. The summed E-state index contributed by atoms with van der Waals surface area (Å²) in [5.74, 6) is 0.583. The number of benzene rings is 1. The Morgan fingerprint density at radius 2 is 1.69 bits per heavy atom. The van der Waals surface area contributed by atoms with Crippen LogP contribution in [0, 0.1) is 5.92 Å². The van der Waals surface area contributed by atoms with E-state index in [0.717, 1.165) is 0 Å². The number of nitrogens with one attached hydrogen (secondary N) is 1. The molecule has 1 aromatic carbocycles. The largest absolute Gasteiger partial charge is 0.310 e. The molecule has 0 saturated carbocycles. The van der Waals surface area contributed by atoms with E-state index in [4.69, 9.17) is 0 Å². The van der Waals surface area contributed by atoms with Crippen LogP contribution < -0.4 is 5.32 Å². The second-order valence-corrected chi connectivity index (χ2v) is 3.97. The summed E-state index contributed by atoms with van der Waals surface area (Å²) in [6.07, 6.45) is 0. The topological polar surface area (TPSA) is 12.0 Å². The van der Waals surface area contributed by atoms with Crippen molar-refractivity contribution in [2.45, 2.75) is 26.3 Å². The molecule has 1 N–H and O–H groups in total. The zero-order valence-electron chi connectivity index (χ0n) is 8.96. The van der Waals surface area contributed by atoms with E-state index < -0.39 is 0 Å². The lowest BCUT2D eigenvalue weighted by Crippen LogP contribution is -2.41. The molecule has 1 heteroatoms. The highest BCUT2D eigenvalue weighted by Gasteiger charge is 2.27. The zero-order chi connectivity index (χ0) is 9.90. The summed E-state index contributed by atoms with van der Waals surface area (Å²) >= 11 is 0. The lowest BCUT2D eigenvalue weighted by Gasteiger charge is -2.34. The summed E-state index contributed by atoms with van der Waals surface area (Å²) in [5, 5.41) is 3.39. The van der Waals surface area contributed by atoms with Crippen LogP contribution in [0.5, 0.6) is 0 Å². The molecule has 0 bridgehead atoms. The highest BCUT2D eigenvalue weighted by Crippen LogP contribution is 2.27. The van der Waals surface area contributed by atoms with Crippen LogP contribution in [0.2, 0.25) is 0 Å². The third kappa shape index (κ3) is 1.92. The lowest BCUT2D eigenvalue weighted by molar-refractivity contribution is 0.286. The van der Waals surface area contributed by atoms with Crippen LogP contribution in [-0.4, -0.2) is 7.05 Å². The molecule has 0 aliphatic carbocycles. The number of hydrogen-bond donors (Lipinski definition) is 1. The maximum absolute atomic E-state index is 3.39. The fourth-order valence-electron chi connectivity index (χ4n) is 1.55. The van der Waals surface area contributed by atoms with Gasteiger partial charge in [-0.2, -0.15) is 0 Å². The van der Waals surface area contributed by atoms with Crippen molar-refractivity contribution in [3.05, 3.63) is 35.9 Å². The molecule has 0 aliphatic heterocycles. The van der Waals surface area contributed by atoms with Crippen molar-refractivity contribution in [3.63, 3.8) is 0 Å². The van der Waals surface area contributed by atoms with Crippen molar-refractivity contribution in [2.75, 3.05) is 7.05 Å². The van der Waals surface area contributed by atoms with Gasteiger partial charge < -0.3 is 5.32 Å². The maximum Gasteiger partial charge on any atom is 0.0426 e. The third-order valence-electron chi connectivity index (χ3n) is 3.05. The van der Waals surface area contributed by atoms with Crippen LogP contribution in [0.4, 0.5) is 0 Å². The summed E-state index contributed by atoms with van der Waals surface area (Å²) < 4.78 is 0. The van der Waals surface area contributed by atoms with Crippen LogP contribution in [0.3, 0.4) is 0 Å². The van der Waals surface area contributed by atoms with Gasteiger partial charge in [-0.3, -0.25) is 0 Å². The quantitative estimate of drug-likeness (QED) is 0.748. The monoisotopic (exact) mass is 177 g/mol. The van der Waals surface area contributed by atoms with E-state index in [-0.39, 0.29) is 5.54 Å². The molecule has 72 valence electrons.